The quantitative estimate of drug-likeness (QED) is 0.284. The van der Waals surface area contributed by atoms with Crippen LogP contribution in [0.2, 0.25) is 0 Å². The summed E-state index contributed by atoms with van der Waals surface area (Å²) in [5, 5.41) is 11.1. The maximum atomic E-state index is 13.2. The van der Waals surface area contributed by atoms with E-state index >= 15 is 0 Å². The van der Waals surface area contributed by atoms with E-state index in [1.54, 1.807) is 0 Å². The van der Waals surface area contributed by atoms with Crippen molar-refractivity contribution < 1.29 is 9.18 Å². The van der Waals surface area contributed by atoms with Crippen LogP contribution in [0.1, 0.15) is 67.3 Å². The molecule has 0 aliphatic rings. The summed E-state index contributed by atoms with van der Waals surface area (Å²) in [7, 11) is 2.15. The number of anilines is 1. The van der Waals surface area contributed by atoms with Gasteiger partial charge in [-0.1, -0.05) is 27.7 Å². The molecule has 4 rings (SSSR count). The van der Waals surface area contributed by atoms with Crippen LogP contribution in [0.3, 0.4) is 0 Å². The zero-order valence-corrected chi connectivity index (χ0v) is 21.1. The number of carbonyl (C=O) groups excluding carboxylic acids is 1. The van der Waals surface area contributed by atoms with Gasteiger partial charge >= 0.3 is 0 Å². The first-order chi connectivity index (χ1) is 16.7. The Morgan fingerprint density at radius 3 is 2.54 bits per heavy atom. The minimum atomic E-state index is -0.363. The zero-order valence-electron chi connectivity index (χ0n) is 21.1. The predicted molar refractivity (Wildman–Crippen MR) is 139 cm³/mol. The minimum Gasteiger partial charge on any atom is -0.358 e. The molecule has 6 nitrogen and oxygen atoms in total. The number of hydrogen-bond acceptors (Lipinski definition) is 3. The van der Waals surface area contributed by atoms with Crippen LogP contribution in [-0.2, 0) is 11.8 Å². The third-order valence-corrected chi connectivity index (χ3v) is 6.56. The van der Waals surface area contributed by atoms with Crippen molar-refractivity contribution in [2.24, 2.45) is 0 Å². The Morgan fingerprint density at radius 2 is 1.91 bits per heavy atom. The number of nitrogens with zero attached hydrogens (tertiary/aromatic N) is 2. The lowest BCUT2D eigenvalue weighted by Gasteiger charge is -2.27. The van der Waals surface area contributed by atoms with Crippen LogP contribution in [0, 0.1) is 5.82 Å². The van der Waals surface area contributed by atoms with Gasteiger partial charge < -0.3 is 10.3 Å². The highest BCUT2D eigenvalue weighted by Crippen LogP contribution is 2.34. The van der Waals surface area contributed by atoms with Crippen molar-refractivity contribution in [3.8, 4) is 0 Å². The molecule has 0 saturated heterocycles. The monoisotopic (exact) mass is 475 g/mol. The maximum absolute atomic E-state index is 13.2. The molecule has 0 aliphatic heterocycles. The SMILES string of the molecule is CCC(c1cn[nH]c1)N(C)CCc1c(C(C)(C)C)[nH]c2ccc(NC(=O)c3ccc(F)cc3)cc12. The van der Waals surface area contributed by atoms with Gasteiger partial charge in [0, 0.05) is 57.6 Å². The molecule has 7 heteroatoms. The van der Waals surface area contributed by atoms with Crippen molar-refractivity contribution >= 4 is 22.5 Å². The molecule has 1 unspecified atom stereocenters. The maximum Gasteiger partial charge on any atom is 0.255 e. The molecule has 0 bridgehead atoms. The fourth-order valence-electron chi connectivity index (χ4n) is 4.72. The highest BCUT2D eigenvalue weighted by Gasteiger charge is 2.24. The Labute approximate surface area is 205 Å². The lowest BCUT2D eigenvalue weighted by molar-refractivity contribution is 0.102. The Morgan fingerprint density at radius 1 is 1.17 bits per heavy atom. The number of amides is 1. The molecule has 2 heterocycles. The van der Waals surface area contributed by atoms with Crippen LogP contribution in [0.25, 0.3) is 10.9 Å². The Kier molecular flexibility index (Phi) is 7.08. The number of benzene rings is 2. The van der Waals surface area contributed by atoms with Gasteiger partial charge in [0.2, 0.25) is 0 Å². The molecule has 1 atom stereocenters. The molecular weight excluding hydrogens is 441 g/mol. The second-order valence-corrected chi connectivity index (χ2v) is 10.1. The van der Waals surface area contributed by atoms with E-state index in [0.717, 1.165) is 30.3 Å². The van der Waals surface area contributed by atoms with Crippen molar-refractivity contribution in [1.82, 2.24) is 20.1 Å². The van der Waals surface area contributed by atoms with Gasteiger partial charge in [0.15, 0.2) is 0 Å². The van der Waals surface area contributed by atoms with E-state index in [0.29, 0.717) is 17.3 Å². The van der Waals surface area contributed by atoms with Gasteiger partial charge in [-0.05, 0) is 67.9 Å². The van der Waals surface area contributed by atoms with Gasteiger partial charge in [-0.25, -0.2) is 4.39 Å². The number of halogens is 1. The minimum absolute atomic E-state index is 0.0564. The molecule has 0 aliphatic carbocycles. The number of carbonyl (C=O) groups is 1. The molecule has 2 aromatic heterocycles. The first kappa shape index (κ1) is 24.7. The number of hydrogen-bond donors (Lipinski definition) is 3. The molecule has 0 saturated carbocycles. The van der Waals surface area contributed by atoms with Crippen molar-refractivity contribution in [2.75, 3.05) is 18.9 Å². The summed E-state index contributed by atoms with van der Waals surface area (Å²) in [5.74, 6) is -0.624. The molecule has 3 N–H and O–H groups in total. The number of aromatic nitrogens is 3. The summed E-state index contributed by atoms with van der Waals surface area (Å²) in [6.07, 6.45) is 5.72. The van der Waals surface area contributed by atoms with Crippen LogP contribution in [0.15, 0.2) is 54.9 Å². The summed E-state index contributed by atoms with van der Waals surface area (Å²) < 4.78 is 13.2. The van der Waals surface area contributed by atoms with Crippen LogP contribution in [0.5, 0.6) is 0 Å². The number of nitrogens with one attached hydrogen (secondary N) is 3. The van der Waals surface area contributed by atoms with Gasteiger partial charge in [0.25, 0.3) is 5.91 Å². The van der Waals surface area contributed by atoms with Gasteiger partial charge in [0.05, 0.1) is 6.20 Å². The summed E-state index contributed by atoms with van der Waals surface area (Å²) in [5.41, 5.74) is 5.79. The fraction of sp³-hybridized carbons (Fsp3) is 0.357. The Hall–Kier alpha value is -3.45. The largest absolute Gasteiger partial charge is 0.358 e. The predicted octanol–water partition coefficient (Wildman–Crippen LogP) is 6.21. The van der Waals surface area contributed by atoms with Gasteiger partial charge in [0.1, 0.15) is 5.82 Å². The Balaban J connectivity index is 1.61. The Bertz CT molecular complexity index is 1290. The number of rotatable bonds is 8. The third-order valence-electron chi connectivity index (χ3n) is 6.56. The normalized spacial score (nSPS) is 12.9. The second kappa shape index (κ2) is 10.0. The molecule has 1 amide bonds. The fourth-order valence-corrected chi connectivity index (χ4v) is 4.72. The molecule has 0 fully saturated rings. The van der Waals surface area contributed by atoms with E-state index in [-0.39, 0.29) is 17.1 Å². The lowest BCUT2D eigenvalue weighted by atomic mass is 9.87. The molecule has 184 valence electrons. The average molecular weight is 476 g/mol. The summed E-state index contributed by atoms with van der Waals surface area (Å²) >= 11 is 0. The smallest absolute Gasteiger partial charge is 0.255 e. The van der Waals surface area contributed by atoms with Crippen LogP contribution in [0.4, 0.5) is 10.1 Å². The molecule has 0 radical (unpaired) electrons. The first-order valence-corrected chi connectivity index (χ1v) is 12.1. The van der Waals surface area contributed by atoms with Gasteiger partial charge in [-0.2, -0.15) is 5.10 Å². The van der Waals surface area contributed by atoms with E-state index in [4.69, 9.17) is 0 Å². The van der Waals surface area contributed by atoms with E-state index in [9.17, 15) is 9.18 Å². The summed E-state index contributed by atoms with van der Waals surface area (Å²) in [4.78, 5) is 18.7. The van der Waals surface area contributed by atoms with Gasteiger partial charge in [-0.3, -0.25) is 14.8 Å². The number of fused-ring (bicyclic) bond motifs is 1. The van der Waals surface area contributed by atoms with Crippen LogP contribution >= 0.6 is 0 Å². The summed E-state index contributed by atoms with van der Waals surface area (Å²) in [6.45, 7) is 9.70. The molecule has 35 heavy (non-hydrogen) atoms. The van der Waals surface area contributed by atoms with E-state index in [1.807, 2.05) is 30.6 Å². The van der Waals surface area contributed by atoms with E-state index in [2.05, 4.69) is 60.1 Å². The standard InChI is InChI=1S/C28H34FN5O/c1-6-25(19-16-30-31-17-19)34(5)14-13-22-23-15-21(11-12-24(23)33-26(22)28(2,3)4)32-27(35)18-7-9-20(29)10-8-18/h7-12,15-17,25,33H,6,13-14H2,1-5H3,(H,30,31)(H,32,35). The van der Waals surface area contributed by atoms with Gasteiger partial charge in [-0.15, -0.1) is 0 Å². The molecule has 4 aromatic rings. The molecule has 0 spiro atoms. The first-order valence-electron chi connectivity index (χ1n) is 12.1. The van der Waals surface area contributed by atoms with Crippen molar-refractivity contribution in [1.29, 1.82) is 0 Å². The van der Waals surface area contributed by atoms with Crippen molar-refractivity contribution in [2.45, 2.75) is 52.0 Å². The van der Waals surface area contributed by atoms with Crippen LogP contribution in [-0.4, -0.2) is 39.6 Å². The highest BCUT2D eigenvalue weighted by molar-refractivity contribution is 6.05. The topological polar surface area (TPSA) is 76.8 Å². The molecule has 2 aromatic carbocycles. The second-order valence-electron chi connectivity index (χ2n) is 10.1. The van der Waals surface area contributed by atoms with Crippen molar-refractivity contribution in [3.63, 3.8) is 0 Å². The number of likely N-dealkylation sites (N-methyl/N-ethyl adjacent to an activating group) is 1. The zero-order chi connectivity index (χ0) is 25.2. The van der Waals surface area contributed by atoms with Crippen LogP contribution < -0.4 is 5.32 Å². The average Bonchev–Trinajstić information content (AvgIpc) is 3.46. The van der Waals surface area contributed by atoms with E-state index in [1.165, 1.54) is 41.1 Å². The van der Waals surface area contributed by atoms with E-state index < -0.39 is 0 Å². The number of H-pyrrole nitrogens is 2. The van der Waals surface area contributed by atoms with Crippen molar-refractivity contribution in [3.05, 3.63) is 83.1 Å². The lowest BCUT2D eigenvalue weighted by Crippen LogP contribution is -2.27. The highest BCUT2D eigenvalue weighted by atomic mass is 19.1. The molecular formula is C28H34FN5O. The third kappa shape index (κ3) is 5.46. The number of aromatic amines is 2. The summed E-state index contributed by atoms with van der Waals surface area (Å²) in [6, 6.07) is 11.8.